The summed E-state index contributed by atoms with van der Waals surface area (Å²) in [6, 6.07) is 10.6. The number of nitrogens with zero attached hydrogens (tertiary/aromatic N) is 1. The van der Waals surface area contributed by atoms with Crippen LogP contribution in [-0.2, 0) is 16.0 Å². The molecular weight excluding hydrogens is 264 g/mol. The molecule has 4 nitrogen and oxygen atoms in total. The van der Waals surface area contributed by atoms with Crippen molar-refractivity contribution in [2.45, 2.75) is 31.7 Å². The molecule has 1 heterocycles. The van der Waals surface area contributed by atoms with Gasteiger partial charge in [-0.25, -0.2) is 0 Å². The minimum atomic E-state index is 0.226. The van der Waals surface area contributed by atoms with E-state index in [0.29, 0.717) is 25.6 Å². The molecule has 0 aromatic heterocycles. The molecule has 1 saturated heterocycles. The van der Waals surface area contributed by atoms with Gasteiger partial charge in [0.25, 0.3) is 0 Å². The molecule has 1 aromatic carbocycles. The van der Waals surface area contributed by atoms with Crippen molar-refractivity contribution < 1.29 is 9.53 Å². The lowest BCUT2D eigenvalue weighted by Gasteiger charge is -2.25. The zero-order valence-electron chi connectivity index (χ0n) is 12.9. The highest BCUT2D eigenvalue weighted by Gasteiger charge is 2.21. The Bertz CT molecular complexity index is 416. The summed E-state index contributed by atoms with van der Waals surface area (Å²) in [7, 11) is 1.68. The second-order valence-electron chi connectivity index (χ2n) is 5.61. The highest BCUT2D eigenvalue weighted by Crippen LogP contribution is 2.10. The fourth-order valence-corrected chi connectivity index (χ4v) is 2.75. The second kappa shape index (κ2) is 8.80. The SMILES string of the molecule is COCCN(CC1CCCN1)C(=O)CCc1ccccc1. The molecular formula is C17H26N2O2. The molecule has 1 atom stereocenters. The monoisotopic (exact) mass is 290 g/mol. The van der Waals surface area contributed by atoms with Gasteiger partial charge in [-0.15, -0.1) is 0 Å². The third kappa shape index (κ3) is 5.48. The van der Waals surface area contributed by atoms with Crippen molar-refractivity contribution in [3.05, 3.63) is 35.9 Å². The van der Waals surface area contributed by atoms with E-state index in [1.807, 2.05) is 23.1 Å². The zero-order chi connectivity index (χ0) is 14.9. The standard InChI is InChI=1S/C17H26N2O2/c1-21-13-12-19(14-16-8-5-11-18-16)17(20)10-9-15-6-3-2-4-7-15/h2-4,6-7,16,18H,5,8-14H2,1H3. The Labute approximate surface area is 127 Å². The summed E-state index contributed by atoms with van der Waals surface area (Å²) in [4.78, 5) is 14.4. The number of hydrogen-bond acceptors (Lipinski definition) is 3. The van der Waals surface area contributed by atoms with Crippen LogP contribution < -0.4 is 5.32 Å². The van der Waals surface area contributed by atoms with E-state index in [4.69, 9.17) is 4.74 Å². The van der Waals surface area contributed by atoms with Crippen LogP contribution in [0.3, 0.4) is 0 Å². The number of aryl methyl sites for hydroxylation is 1. The molecule has 116 valence electrons. The summed E-state index contributed by atoms with van der Waals surface area (Å²) in [5, 5.41) is 3.46. The van der Waals surface area contributed by atoms with Crippen molar-refractivity contribution >= 4 is 5.91 Å². The topological polar surface area (TPSA) is 41.6 Å². The summed E-state index contributed by atoms with van der Waals surface area (Å²) in [6.07, 6.45) is 3.75. The van der Waals surface area contributed by atoms with E-state index in [-0.39, 0.29) is 5.91 Å². The van der Waals surface area contributed by atoms with Gasteiger partial charge in [-0.1, -0.05) is 30.3 Å². The number of methoxy groups -OCH3 is 1. The van der Waals surface area contributed by atoms with E-state index in [2.05, 4.69) is 17.4 Å². The number of carbonyl (C=O) groups excluding carboxylic acids is 1. The van der Waals surface area contributed by atoms with E-state index in [1.165, 1.54) is 12.0 Å². The third-order valence-electron chi connectivity index (χ3n) is 3.99. The van der Waals surface area contributed by atoms with Crippen molar-refractivity contribution in [3.63, 3.8) is 0 Å². The second-order valence-corrected chi connectivity index (χ2v) is 5.61. The van der Waals surface area contributed by atoms with Crippen molar-refractivity contribution in [3.8, 4) is 0 Å². The fourth-order valence-electron chi connectivity index (χ4n) is 2.75. The van der Waals surface area contributed by atoms with Gasteiger partial charge in [0.1, 0.15) is 0 Å². The molecule has 0 spiro atoms. The molecule has 2 rings (SSSR count). The number of nitrogens with one attached hydrogen (secondary N) is 1. The average molecular weight is 290 g/mol. The normalized spacial score (nSPS) is 17.9. The van der Waals surface area contributed by atoms with Gasteiger partial charge < -0.3 is 15.0 Å². The van der Waals surface area contributed by atoms with Crippen molar-refractivity contribution in [2.24, 2.45) is 0 Å². The Morgan fingerprint density at radius 1 is 1.38 bits per heavy atom. The summed E-state index contributed by atoms with van der Waals surface area (Å²) < 4.78 is 5.14. The Balaban J connectivity index is 1.83. The van der Waals surface area contributed by atoms with Gasteiger partial charge in [0, 0.05) is 32.7 Å². The quantitative estimate of drug-likeness (QED) is 0.794. The maximum Gasteiger partial charge on any atom is 0.223 e. The van der Waals surface area contributed by atoms with Crippen molar-refractivity contribution in [1.82, 2.24) is 10.2 Å². The Hall–Kier alpha value is -1.39. The van der Waals surface area contributed by atoms with Gasteiger partial charge in [-0.05, 0) is 31.4 Å². The van der Waals surface area contributed by atoms with Crippen LogP contribution >= 0.6 is 0 Å². The fraction of sp³-hybridized carbons (Fsp3) is 0.588. The lowest BCUT2D eigenvalue weighted by Crippen LogP contribution is -2.42. The van der Waals surface area contributed by atoms with Gasteiger partial charge in [-0.3, -0.25) is 4.79 Å². The number of carbonyl (C=O) groups is 1. The van der Waals surface area contributed by atoms with Gasteiger partial charge >= 0.3 is 0 Å². The number of ether oxygens (including phenoxy) is 1. The van der Waals surface area contributed by atoms with E-state index in [9.17, 15) is 4.79 Å². The molecule has 1 amide bonds. The van der Waals surface area contributed by atoms with Crippen LogP contribution in [-0.4, -0.2) is 50.2 Å². The van der Waals surface area contributed by atoms with Crippen LogP contribution in [0.5, 0.6) is 0 Å². The van der Waals surface area contributed by atoms with Gasteiger partial charge in [0.2, 0.25) is 5.91 Å². The van der Waals surface area contributed by atoms with E-state index in [1.54, 1.807) is 7.11 Å². The molecule has 4 heteroatoms. The summed E-state index contributed by atoms with van der Waals surface area (Å²) in [5.41, 5.74) is 1.22. The molecule has 1 aliphatic rings. The molecule has 1 unspecified atom stereocenters. The number of hydrogen-bond donors (Lipinski definition) is 1. The number of rotatable bonds is 8. The third-order valence-corrected chi connectivity index (χ3v) is 3.99. The van der Waals surface area contributed by atoms with Crippen LogP contribution in [0.25, 0.3) is 0 Å². The molecule has 0 radical (unpaired) electrons. The lowest BCUT2D eigenvalue weighted by molar-refractivity contribution is -0.132. The van der Waals surface area contributed by atoms with Gasteiger partial charge in [-0.2, -0.15) is 0 Å². The van der Waals surface area contributed by atoms with Crippen molar-refractivity contribution in [1.29, 1.82) is 0 Å². The minimum Gasteiger partial charge on any atom is -0.383 e. The maximum atomic E-state index is 12.5. The lowest BCUT2D eigenvalue weighted by atomic mass is 10.1. The van der Waals surface area contributed by atoms with Crippen molar-refractivity contribution in [2.75, 3.05) is 33.4 Å². The largest absolute Gasteiger partial charge is 0.383 e. The molecule has 21 heavy (non-hydrogen) atoms. The first-order valence-electron chi connectivity index (χ1n) is 7.83. The first kappa shape index (κ1) is 16.0. The predicted octanol–water partition coefficient (Wildman–Crippen LogP) is 1.85. The van der Waals surface area contributed by atoms with E-state index >= 15 is 0 Å². The predicted molar refractivity (Wildman–Crippen MR) is 84.2 cm³/mol. The Kier molecular flexibility index (Phi) is 6.70. The molecule has 1 aromatic rings. The number of benzene rings is 1. The van der Waals surface area contributed by atoms with E-state index < -0.39 is 0 Å². The Morgan fingerprint density at radius 3 is 2.86 bits per heavy atom. The summed E-state index contributed by atoms with van der Waals surface area (Å²) in [6.45, 7) is 3.16. The molecule has 1 fully saturated rings. The minimum absolute atomic E-state index is 0.226. The van der Waals surface area contributed by atoms with Crippen LogP contribution in [0.4, 0.5) is 0 Å². The highest BCUT2D eigenvalue weighted by molar-refractivity contribution is 5.76. The molecule has 0 bridgehead atoms. The molecule has 1 N–H and O–H groups in total. The summed E-state index contributed by atoms with van der Waals surface area (Å²) in [5.74, 6) is 0.226. The number of amides is 1. The molecule has 0 saturated carbocycles. The smallest absolute Gasteiger partial charge is 0.223 e. The first-order valence-corrected chi connectivity index (χ1v) is 7.83. The van der Waals surface area contributed by atoms with Crippen LogP contribution in [0, 0.1) is 0 Å². The van der Waals surface area contributed by atoms with Crippen LogP contribution in [0.2, 0.25) is 0 Å². The van der Waals surface area contributed by atoms with E-state index in [0.717, 1.165) is 25.9 Å². The first-order chi connectivity index (χ1) is 10.3. The maximum absolute atomic E-state index is 12.5. The van der Waals surface area contributed by atoms with Gasteiger partial charge in [0.15, 0.2) is 0 Å². The van der Waals surface area contributed by atoms with Crippen LogP contribution in [0.15, 0.2) is 30.3 Å². The zero-order valence-corrected chi connectivity index (χ0v) is 12.9. The highest BCUT2D eigenvalue weighted by atomic mass is 16.5. The molecule has 0 aliphatic carbocycles. The average Bonchev–Trinajstić information content (AvgIpc) is 3.03. The van der Waals surface area contributed by atoms with Gasteiger partial charge in [0.05, 0.1) is 6.61 Å². The summed E-state index contributed by atoms with van der Waals surface area (Å²) >= 11 is 0. The Morgan fingerprint density at radius 2 is 2.19 bits per heavy atom. The molecule has 1 aliphatic heterocycles. The van der Waals surface area contributed by atoms with Crippen LogP contribution in [0.1, 0.15) is 24.8 Å².